The number of likely N-dealkylation sites (N-methyl/N-ethyl adjacent to an activating group) is 1. The third-order valence-corrected chi connectivity index (χ3v) is 5.90. The second-order valence-electron chi connectivity index (χ2n) is 7.16. The Bertz CT molecular complexity index is 855. The molecule has 1 unspecified atom stereocenters. The van der Waals surface area contributed by atoms with Gasteiger partial charge in [-0.25, -0.2) is 4.39 Å². The minimum Gasteiger partial charge on any atom is -0.326 e. The molecule has 136 valence electrons. The van der Waals surface area contributed by atoms with E-state index in [1.807, 2.05) is 13.1 Å². The number of quaternary nitrogens is 1. The third-order valence-electron chi connectivity index (χ3n) is 4.73. The number of nitriles is 1. The molecule has 2 N–H and O–H groups in total. The molecule has 26 heavy (non-hydrogen) atoms. The summed E-state index contributed by atoms with van der Waals surface area (Å²) in [4.78, 5) is 14.6. The molecule has 0 radical (unpaired) electrons. The molecule has 2 atom stereocenters. The van der Waals surface area contributed by atoms with E-state index in [0.717, 1.165) is 35.3 Å². The van der Waals surface area contributed by atoms with Crippen LogP contribution in [-0.4, -0.2) is 19.5 Å². The first-order valence-corrected chi connectivity index (χ1v) is 9.68. The van der Waals surface area contributed by atoms with Crippen molar-refractivity contribution in [1.29, 1.82) is 5.26 Å². The first-order chi connectivity index (χ1) is 12.5. The van der Waals surface area contributed by atoms with Gasteiger partial charge in [0.05, 0.1) is 12.6 Å². The number of rotatable bonds is 5. The van der Waals surface area contributed by atoms with Crippen LogP contribution in [0, 0.1) is 23.1 Å². The largest absolute Gasteiger partial charge is 0.326 e. The van der Waals surface area contributed by atoms with Crippen molar-refractivity contribution >= 4 is 22.2 Å². The number of hydrogen-bond donors (Lipinski definition) is 2. The molecule has 1 aliphatic carbocycles. The van der Waals surface area contributed by atoms with Crippen molar-refractivity contribution in [3.05, 3.63) is 51.7 Å². The number of nitrogens with one attached hydrogen (secondary N) is 2. The summed E-state index contributed by atoms with van der Waals surface area (Å²) >= 11 is 1.54. The van der Waals surface area contributed by atoms with Crippen LogP contribution in [0.2, 0.25) is 0 Å². The van der Waals surface area contributed by atoms with Gasteiger partial charge < -0.3 is 10.2 Å². The van der Waals surface area contributed by atoms with Crippen LogP contribution in [0.5, 0.6) is 0 Å². The van der Waals surface area contributed by atoms with E-state index in [4.69, 9.17) is 0 Å². The summed E-state index contributed by atoms with van der Waals surface area (Å²) in [7, 11) is 1.90. The lowest BCUT2D eigenvalue weighted by Crippen LogP contribution is -3.08. The first kappa shape index (κ1) is 18.6. The van der Waals surface area contributed by atoms with Gasteiger partial charge in [0.2, 0.25) is 0 Å². The fraction of sp³-hybridized carbons (Fsp3) is 0.400. The molecule has 1 aromatic carbocycles. The second kappa shape index (κ2) is 7.98. The standard InChI is InChI=1S/C20H22FN3OS/c1-13-6-7-16-17(10-22)20(26-18(16)8-13)23-19(25)12-24(2)11-14-4-3-5-15(21)9-14/h3-5,9,13H,6-8,11-12H2,1-2H3,(H,23,25)/p+1/t13-/m0/s1. The summed E-state index contributed by atoms with van der Waals surface area (Å²) in [6.45, 7) is 3.05. The minimum atomic E-state index is -0.267. The predicted molar refractivity (Wildman–Crippen MR) is 101 cm³/mol. The van der Waals surface area contributed by atoms with Gasteiger partial charge in [-0.2, -0.15) is 5.26 Å². The Balaban J connectivity index is 1.64. The Labute approximate surface area is 157 Å². The second-order valence-corrected chi connectivity index (χ2v) is 8.26. The van der Waals surface area contributed by atoms with Crippen molar-refractivity contribution in [2.45, 2.75) is 32.7 Å². The van der Waals surface area contributed by atoms with Crippen LogP contribution in [-0.2, 0) is 24.2 Å². The Kier molecular flexibility index (Phi) is 5.70. The van der Waals surface area contributed by atoms with Gasteiger partial charge in [-0.05, 0) is 42.9 Å². The number of benzene rings is 1. The molecule has 0 aliphatic heterocycles. The summed E-state index contributed by atoms with van der Waals surface area (Å²) < 4.78 is 13.3. The lowest BCUT2D eigenvalue weighted by atomic mass is 9.89. The molecular formula is C20H23FN3OS+. The number of thiophene rings is 1. The maximum atomic E-state index is 13.3. The van der Waals surface area contributed by atoms with Crippen molar-refractivity contribution in [3.63, 3.8) is 0 Å². The summed E-state index contributed by atoms with van der Waals surface area (Å²) in [6, 6.07) is 8.70. The summed E-state index contributed by atoms with van der Waals surface area (Å²) in [5.41, 5.74) is 2.60. The summed E-state index contributed by atoms with van der Waals surface area (Å²) in [6.07, 6.45) is 2.98. The van der Waals surface area contributed by atoms with Gasteiger partial charge in [0.15, 0.2) is 6.54 Å². The van der Waals surface area contributed by atoms with Gasteiger partial charge in [0, 0.05) is 10.4 Å². The average Bonchev–Trinajstić information content (AvgIpc) is 2.90. The molecule has 1 heterocycles. The van der Waals surface area contributed by atoms with Crippen molar-refractivity contribution in [2.24, 2.45) is 5.92 Å². The molecule has 1 aromatic heterocycles. The zero-order valence-electron chi connectivity index (χ0n) is 15.1. The van der Waals surface area contributed by atoms with Crippen molar-refractivity contribution in [3.8, 4) is 6.07 Å². The molecule has 1 amide bonds. The molecule has 4 nitrogen and oxygen atoms in total. The Morgan fingerprint density at radius 1 is 1.50 bits per heavy atom. The maximum Gasteiger partial charge on any atom is 0.280 e. The van der Waals surface area contributed by atoms with Crippen LogP contribution in [0.1, 0.15) is 34.9 Å². The van der Waals surface area contributed by atoms with Gasteiger partial charge in [0.1, 0.15) is 23.4 Å². The van der Waals surface area contributed by atoms with Crippen molar-refractivity contribution < 1.29 is 14.1 Å². The van der Waals surface area contributed by atoms with Crippen LogP contribution in [0.15, 0.2) is 24.3 Å². The molecular weight excluding hydrogens is 349 g/mol. The van der Waals surface area contributed by atoms with Crippen molar-refractivity contribution in [2.75, 3.05) is 18.9 Å². The van der Waals surface area contributed by atoms with Crippen LogP contribution >= 0.6 is 11.3 Å². The number of hydrogen-bond acceptors (Lipinski definition) is 3. The number of anilines is 1. The molecule has 3 rings (SSSR count). The maximum absolute atomic E-state index is 13.3. The Morgan fingerprint density at radius 3 is 3.04 bits per heavy atom. The molecule has 2 aromatic rings. The fourth-order valence-corrected chi connectivity index (χ4v) is 4.84. The van der Waals surface area contributed by atoms with Gasteiger partial charge >= 0.3 is 0 Å². The SMILES string of the molecule is C[C@H]1CCc2c(sc(NC(=O)C[NH+](C)Cc3cccc(F)c3)c2C#N)C1. The van der Waals surface area contributed by atoms with Gasteiger partial charge in [-0.3, -0.25) is 4.79 Å². The van der Waals surface area contributed by atoms with Crippen LogP contribution in [0.4, 0.5) is 9.39 Å². The normalized spacial score (nSPS) is 17.2. The number of amides is 1. The number of nitrogens with zero attached hydrogens (tertiary/aromatic N) is 1. The van der Waals surface area contributed by atoms with E-state index in [0.29, 0.717) is 23.0 Å². The predicted octanol–water partition coefficient (Wildman–Crippen LogP) is 2.54. The van der Waals surface area contributed by atoms with E-state index in [1.54, 1.807) is 6.07 Å². The van der Waals surface area contributed by atoms with E-state index < -0.39 is 0 Å². The van der Waals surface area contributed by atoms with Crippen LogP contribution < -0.4 is 10.2 Å². The highest BCUT2D eigenvalue weighted by atomic mass is 32.1. The van der Waals surface area contributed by atoms with Crippen LogP contribution in [0.25, 0.3) is 0 Å². The van der Waals surface area contributed by atoms with Crippen LogP contribution in [0.3, 0.4) is 0 Å². The topological polar surface area (TPSA) is 57.3 Å². The molecule has 6 heteroatoms. The van der Waals surface area contributed by atoms with Gasteiger partial charge in [-0.15, -0.1) is 11.3 Å². The molecule has 0 saturated heterocycles. The minimum absolute atomic E-state index is 0.123. The van der Waals surface area contributed by atoms with E-state index >= 15 is 0 Å². The highest BCUT2D eigenvalue weighted by molar-refractivity contribution is 7.16. The van der Waals surface area contributed by atoms with Crippen molar-refractivity contribution in [1.82, 2.24) is 0 Å². The quantitative estimate of drug-likeness (QED) is 0.847. The molecule has 0 bridgehead atoms. The lowest BCUT2D eigenvalue weighted by molar-refractivity contribution is -0.885. The number of fused-ring (bicyclic) bond motifs is 1. The number of carbonyl (C=O) groups excluding carboxylic acids is 1. The molecule has 0 fully saturated rings. The summed E-state index contributed by atoms with van der Waals surface area (Å²) in [5, 5.41) is 13.1. The zero-order chi connectivity index (χ0) is 18.7. The van der Waals surface area contributed by atoms with E-state index in [-0.39, 0.29) is 18.3 Å². The smallest absolute Gasteiger partial charge is 0.280 e. The third kappa shape index (κ3) is 4.29. The van der Waals surface area contributed by atoms with Gasteiger partial charge in [0.25, 0.3) is 5.91 Å². The Hall–Kier alpha value is -2.23. The number of halogens is 1. The monoisotopic (exact) mass is 372 g/mol. The van der Waals surface area contributed by atoms with E-state index in [9.17, 15) is 14.4 Å². The lowest BCUT2D eigenvalue weighted by Gasteiger charge is -2.17. The van der Waals surface area contributed by atoms with E-state index in [2.05, 4.69) is 18.3 Å². The zero-order valence-corrected chi connectivity index (χ0v) is 15.9. The molecule has 1 aliphatic rings. The number of carbonyl (C=O) groups is 1. The highest BCUT2D eigenvalue weighted by Crippen LogP contribution is 2.39. The van der Waals surface area contributed by atoms with E-state index in [1.165, 1.54) is 28.3 Å². The van der Waals surface area contributed by atoms with Gasteiger partial charge in [-0.1, -0.05) is 19.1 Å². The average molecular weight is 372 g/mol. The highest BCUT2D eigenvalue weighted by Gasteiger charge is 2.25. The molecule has 0 spiro atoms. The Morgan fingerprint density at radius 2 is 2.31 bits per heavy atom. The fourth-order valence-electron chi connectivity index (χ4n) is 3.46. The molecule has 0 saturated carbocycles. The first-order valence-electron chi connectivity index (χ1n) is 8.86. The summed E-state index contributed by atoms with van der Waals surface area (Å²) in [5.74, 6) is 0.233.